The molecule has 0 radical (unpaired) electrons. The Kier molecular flexibility index (Phi) is 5.02. The molecule has 1 aliphatic rings. The van der Waals surface area contributed by atoms with Crippen LogP contribution in [0.1, 0.15) is 30.5 Å². The average Bonchev–Trinajstić information content (AvgIpc) is 2.60. The second-order valence-electron chi connectivity index (χ2n) is 6.51. The molecule has 1 amide bonds. The number of rotatable bonds is 4. The van der Waals surface area contributed by atoms with Gasteiger partial charge in [0.05, 0.1) is 18.3 Å². The number of hydrogen-bond acceptors (Lipinski definition) is 2. The maximum Gasteiger partial charge on any atom is 0.242 e. The number of benzene rings is 2. The molecule has 3 nitrogen and oxygen atoms in total. The second kappa shape index (κ2) is 7.21. The fourth-order valence-electron chi connectivity index (χ4n) is 3.34. The van der Waals surface area contributed by atoms with E-state index in [0.29, 0.717) is 24.2 Å². The highest BCUT2D eigenvalue weighted by molar-refractivity contribution is 5.82. The van der Waals surface area contributed by atoms with E-state index in [9.17, 15) is 13.6 Å². The molecule has 1 aliphatic heterocycles. The number of hydrogen-bond donors (Lipinski definition) is 0. The molecule has 0 bridgehead atoms. The van der Waals surface area contributed by atoms with Crippen molar-refractivity contribution in [3.63, 3.8) is 0 Å². The average molecular weight is 344 g/mol. The lowest BCUT2D eigenvalue weighted by atomic mass is 10.0. The molecule has 0 aromatic heterocycles. The van der Waals surface area contributed by atoms with Crippen molar-refractivity contribution in [1.82, 2.24) is 4.90 Å². The van der Waals surface area contributed by atoms with Crippen molar-refractivity contribution in [3.05, 3.63) is 65.2 Å². The van der Waals surface area contributed by atoms with E-state index in [1.807, 2.05) is 37.3 Å². The Morgan fingerprint density at radius 1 is 1.24 bits per heavy atom. The number of nitrogens with zero attached hydrogens (tertiary/aromatic N) is 2. The van der Waals surface area contributed by atoms with Crippen LogP contribution in [0.5, 0.6) is 0 Å². The Hall–Kier alpha value is -2.43. The summed E-state index contributed by atoms with van der Waals surface area (Å²) in [6.07, 6.45) is 1.41. The van der Waals surface area contributed by atoms with Gasteiger partial charge in [-0.2, -0.15) is 0 Å². The fourth-order valence-corrected chi connectivity index (χ4v) is 3.34. The van der Waals surface area contributed by atoms with Gasteiger partial charge in [0.2, 0.25) is 5.91 Å². The topological polar surface area (TPSA) is 23.6 Å². The van der Waals surface area contributed by atoms with Crippen LogP contribution in [0.25, 0.3) is 0 Å². The van der Waals surface area contributed by atoms with E-state index >= 15 is 0 Å². The third-order valence-electron chi connectivity index (χ3n) is 4.88. The minimum atomic E-state index is -0.596. The van der Waals surface area contributed by atoms with E-state index < -0.39 is 11.6 Å². The molecule has 2 aromatic carbocycles. The summed E-state index contributed by atoms with van der Waals surface area (Å²) in [5.74, 6) is -1.26. The smallest absolute Gasteiger partial charge is 0.242 e. The lowest BCUT2D eigenvalue weighted by molar-refractivity contribution is -0.130. The summed E-state index contributed by atoms with van der Waals surface area (Å²) < 4.78 is 27.7. The third kappa shape index (κ3) is 3.65. The Balaban J connectivity index is 1.76. The maximum atomic E-state index is 14.3. The minimum Gasteiger partial charge on any atom is -0.360 e. The number of carbonyl (C=O) groups is 1. The van der Waals surface area contributed by atoms with Crippen molar-refractivity contribution in [2.24, 2.45) is 0 Å². The number of fused-ring (bicyclic) bond motifs is 1. The summed E-state index contributed by atoms with van der Waals surface area (Å²) in [6.45, 7) is 2.64. The summed E-state index contributed by atoms with van der Waals surface area (Å²) in [6, 6.07) is 12.0. The van der Waals surface area contributed by atoms with E-state index in [0.717, 1.165) is 18.1 Å². The summed E-state index contributed by atoms with van der Waals surface area (Å²) in [7, 11) is 1.76. The molecule has 132 valence electrons. The maximum absolute atomic E-state index is 14.3. The largest absolute Gasteiger partial charge is 0.360 e. The predicted octanol–water partition coefficient (Wildman–Crippen LogP) is 3.94. The molecule has 0 saturated heterocycles. The number of carbonyl (C=O) groups excluding carboxylic acids is 1. The van der Waals surface area contributed by atoms with Crippen LogP contribution in [0.2, 0.25) is 0 Å². The zero-order valence-corrected chi connectivity index (χ0v) is 14.5. The van der Waals surface area contributed by atoms with Crippen molar-refractivity contribution >= 4 is 11.6 Å². The van der Waals surface area contributed by atoms with Crippen molar-refractivity contribution in [2.45, 2.75) is 25.8 Å². The number of amides is 1. The van der Waals surface area contributed by atoms with E-state index in [4.69, 9.17) is 0 Å². The van der Waals surface area contributed by atoms with Gasteiger partial charge in [-0.25, -0.2) is 8.78 Å². The molecule has 5 heteroatoms. The van der Waals surface area contributed by atoms with Gasteiger partial charge >= 0.3 is 0 Å². The molecule has 0 spiro atoms. The van der Waals surface area contributed by atoms with Gasteiger partial charge in [-0.05, 0) is 37.0 Å². The fraction of sp³-hybridized carbons (Fsp3) is 0.350. The van der Waals surface area contributed by atoms with Crippen LogP contribution in [0.4, 0.5) is 14.5 Å². The van der Waals surface area contributed by atoms with E-state index in [1.54, 1.807) is 16.8 Å². The van der Waals surface area contributed by atoms with Gasteiger partial charge in [-0.3, -0.25) is 4.79 Å². The normalized spacial score (nSPS) is 14.8. The van der Waals surface area contributed by atoms with Gasteiger partial charge < -0.3 is 9.80 Å². The van der Waals surface area contributed by atoms with Crippen LogP contribution >= 0.6 is 0 Å². The third-order valence-corrected chi connectivity index (χ3v) is 4.88. The number of aryl methyl sites for hydroxylation is 1. The van der Waals surface area contributed by atoms with Crippen LogP contribution in [-0.2, 0) is 11.2 Å². The van der Waals surface area contributed by atoms with Gasteiger partial charge in [0.15, 0.2) is 0 Å². The Labute approximate surface area is 146 Å². The molecular weight excluding hydrogens is 322 g/mol. The zero-order chi connectivity index (χ0) is 18.0. The van der Waals surface area contributed by atoms with E-state index in [-0.39, 0.29) is 18.5 Å². The second-order valence-corrected chi connectivity index (χ2v) is 6.51. The molecule has 2 aromatic rings. The monoisotopic (exact) mass is 344 g/mol. The highest BCUT2D eigenvalue weighted by atomic mass is 19.1. The van der Waals surface area contributed by atoms with Crippen molar-refractivity contribution < 1.29 is 13.6 Å². The molecule has 0 unspecified atom stereocenters. The van der Waals surface area contributed by atoms with Gasteiger partial charge in [-0.1, -0.05) is 30.3 Å². The molecule has 0 saturated carbocycles. The number of halogens is 2. The first-order valence-corrected chi connectivity index (χ1v) is 8.51. The molecule has 0 aliphatic carbocycles. The molecular formula is C20H22F2N2O. The molecule has 0 fully saturated rings. The van der Waals surface area contributed by atoms with Gasteiger partial charge in [-0.15, -0.1) is 0 Å². The van der Waals surface area contributed by atoms with Crippen molar-refractivity contribution in [1.29, 1.82) is 0 Å². The highest BCUT2D eigenvalue weighted by Gasteiger charge is 2.26. The van der Waals surface area contributed by atoms with Crippen molar-refractivity contribution in [3.8, 4) is 0 Å². The quantitative estimate of drug-likeness (QED) is 0.839. The summed E-state index contributed by atoms with van der Waals surface area (Å²) in [5.41, 5.74) is 2.04. The lowest BCUT2D eigenvalue weighted by Crippen LogP contribution is -2.42. The van der Waals surface area contributed by atoms with Gasteiger partial charge in [0.25, 0.3) is 0 Å². The first-order chi connectivity index (χ1) is 12.0. The minimum absolute atomic E-state index is 0.0731. The predicted molar refractivity (Wildman–Crippen MR) is 94.5 cm³/mol. The first-order valence-electron chi connectivity index (χ1n) is 8.51. The van der Waals surface area contributed by atoms with Crippen LogP contribution < -0.4 is 4.90 Å². The zero-order valence-electron chi connectivity index (χ0n) is 14.5. The molecule has 3 rings (SSSR count). The first kappa shape index (κ1) is 17.4. The Morgan fingerprint density at radius 2 is 1.96 bits per heavy atom. The number of likely N-dealkylation sites (N-methyl/N-ethyl adjacent to an activating group) is 1. The van der Waals surface area contributed by atoms with E-state index in [2.05, 4.69) is 0 Å². The SMILES string of the molecule is C[C@@H](c1ccccc1)N(C)C(=O)CN1CCCc2cc(F)cc(F)c21. The Bertz CT molecular complexity index is 764. The molecule has 25 heavy (non-hydrogen) atoms. The standard InChI is InChI=1S/C20H22F2N2O/c1-14(15-7-4-3-5-8-15)23(2)19(25)13-24-10-6-9-16-11-17(21)12-18(22)20(16)24/h3-5,7-8,11-12,14H,6,9-10,13H2,1-2H3/t14-/m0/s1. The van der Waals surface area contributed by atoms with Crippen molar-refractivity contribution in [2.75, 3.05) is 25.0 Å². The highest BCUT2D eigenvalue weighted by Crippen LogP contribution is 2.31. The summed E-state index contributed by atoms with van der Waals surface area (Å²) in [5, 5.41) is 0. The van der Waals surface area contributed by atoms with Crippen LogP contribution in [0.15, 0.2) is 42.5 Å². The summed E-state index contributed by atoms with van der Waals surface area (Å²) in [4.78, 5) is 16.1. The molecule has 1 atom stereocenters. The number of anilines is 1. The van der Waals surface area contributed by atoms with Crippen LogP contribution in [-0.4, -0.2) is 30.9 Å². The van der Waals surface area contributed by atoms with E-state index in [1.165, 1.54) is 6.07 Å². The summed E-state index contributed by atoms with van der Waals surface area (Å²) >= 11 is 0. The van der Waals surface area contributed by atoms with Gasteiger partial charge in [0, 0.05) is 19.7 Å². The molecule has 1 heterocycles. The molecule has 0 N–H and O–H groups in total. The van der Waals surface area contributed by atoms with Crippen LogP contribution in [0, 0.1) is 11.6 Å². The lowest BCUT2D eigenvalue weighted by Gasteiger charge is -2.34. The van der Waals surface area contributed by atoms with Crippen LogP contribution in [0.3, 0.4) is 0 Å². The van der Waals surface area contributed by atoms with Gasteiger partial charge in [0.1, 0.15) is 11.6 Å². The Morgan fingerprint density at radius 3 is 2.68 bits per heavy atom.